The maximum absolute atomic E-state index is 5.82. The van der Waals surface area contributed by atoms with E-state index in [-0.39, 0.29) is 0 Å². The van der Waals surface area contributed by atoms with Gasteiger partial charge in [-0.2, -0.15) is 0 Å². The van der Waals surface area contributed by atoms with Crippen LogP contribution >= 0.6 is 15.9 Å². The van der Waals surface area contributed by atoms with E-state index in [1.807, 2.05) is 67.6 Å². The zero-order valence-electron chi connectivity index (χ0n) is 10.6. The molecule has 2 rings (SSSR count). The van der Waals surface area contributed by atoms with Crippen LogP contribution in [-0.4, -0.2) is 5.90 Å². The summed E-state index contributed by atoms with van der Waals surface area (Å²) in [5.41, 5.74) is 1.79. The Morgan fingerprint density at radius 3 is 2.16 bits per heavy atom. The molecule has 0 atom stereocenters. The fraction of sp³-hybridized carbons (Fsp3) is 0.0625. The van der Waals surface area contributed by atoms with Crippen molar-refractivity contribution in [2.45, 2.75) is 6.92 Å². The second kappa shape index (κ2) is 6.90. The van der Waals surface area contributed by atoms with Crippen LogP contribution in [-0.2, 0) is 0 Å². The van der Waals surface area contributed by atoms with Crippen molar-refractivity contribution >= 4 is 27.5 Å². The van der Waals surface area contributed by atoms with Gasteiger partial charge >= 0.3 is 0 Å². The highest BCUT2D eigenvalue weighted by Gasteiger charge is 2.05. The van der Waals surface area contributed by atoms with E-state index in [0.29, 0.717) is 5.90 Å². The monoisotopic (exact) mass is 315 g/mol. The molecule has 0 aliphatic carbocycles. The molecule has 0 aliphatic heterocycles. The van der Waals surface area contributed by atoms with Gasteiger partial charge in [-0.1, -0.05) is 52.3 Å². The van der Waals surface area contributed by atoms with Crippen LogP contribution in [0.25, 0.3) is 0 Å². The molecule has 0 N–H and O–H groups in total. The molecule has 0 aliphatic rings. The number of para-hydroxylation sites is 2. The highest BCUT2D eigenvalue weighted by molar-refractivity contribution is 9.11. The van der Waals surface area contributed by atoms with Crippen LogP contribution in [0.5, 0.6) is 5.75 Å². The molecule has 0 saturated carbocycles. The Bertz CT molecular complexity index is 576. The van der Waals surface area contributed by atoms with Gasteiger partial charge in [-0.3, -0.25) is 0 Å². The fourth-order valence-corrected chi connectivity index (χ4v) is 1.65. The summed E-state index contributed by atoms with van der Waals surface area (Å²) in [5, 5.41) is 0. The predicted molar refractivity (Wildman–Crippen MR) is 83.3 cm³/mol. The molecule has 0 radical (unpaired) electrons. The van der Waals surface area contributed by atoms with Crippen LogP contribution in [0.1, 0.15) is 6.92 Å². The summed E-state index contributed by atoms with van der Waals surface area (Å²) in [7, 11) is 0. The first-order valence-corrected chi connectivity index (χ1v) is 6.85. The molecule has 0 aromatic heterocycles. The summed E-state index contributed by atoms with van der Waals surface area (Å²) in [6.07, 6.45) is 0. The van der Waals surface area contributed by atoms with Crippen LogP contribution in [0.15, 0.2) is 76.2 Å². The maximum atomic E-state index is 5.82. The molecule has 0 saturated heterocycles. The maximum Gasteiger partial charge on any atom is 0.223 e. The first-order chi connectivity index (χ1) is 9.29. The molecule has 0 bridgehead atoms. The summed E-state index contributed by atoms with van der Waals surface area (Å²) in [6, 6.07) is 19.4. The molecule has 2 nitrogen and oxygen atoms in total. The molecule has 19 heavy (non-hydrogen) atoms. The first kappa shape index (κ1) is 13.6. The quantitative estimate of drug-likeness (QED) is 0.570. The van der Waals surface area contributed by atoms with E-state index in [0.717, 1.165) is 17.0 Å². The van der Waals surface area contributed by atoms with Crippen LogP contribution < -0.4 is 4.74 Å². The van der Waals surface area contributed by atoms with Crippen molar-refractivity contribution in [1.82, 2.24) is 0 Å². The third-order valence-electron chi connectivity index (χ3n) is 2.45. The Kier molecular flexibility index (Phi) is 4.93. The minimum Gasteiger partial charge on any atom is -0.439 e. The Labute approximate surface area is 121 Å². The molecular formula is C16H14BrNO. The number of hydrogen-bond donors (Lipinski definition) is 0. The number of rotatable bonds is 3. The molecule has 2 aromatic rings. The third kappa shape index (κ3) is 4.07. The molecule has 2 aromatic carbocycles. The number of halogens is 1. The summed E-state index contributed by atoms with van der Waals surface area (Å²) in [5.74, 6) is 1.35. The zero-order valence-corrected chi connectivity index (χ0v) is 12.2. The van der Waals surface area contributed by atoms with Crippen LogP contribution in [0, 0.1) is 0 Å². The molecule has 0 spiro atoms. The lowest BCUT2D eigenvalue weighted by Gasteiger charge is -2.09. The van der Waals surface area contributed by atoms with Crippen molar-refractivity contribution in [2.24, 2.45) is 4.99 Å². The van der Waals surface area contributed by atoms with Crippen LogP contribution in [0.4, 0.5) is 5.69 Å². The molecular weight excluding hydrogens is 302 g/mol. The first-order valence-electron chi connectivity index (χ1n) is 5.93. The number of ether oxygens (including phenoxy) is 1. The Morgan fingerprint density at radius 1 is 1.00 bits per heavy atom. The van der Waals surface area contributed by atoms with E-state index in [2.05, 4.69) is 20.9 Å². The zero-order chi connectivity index (χ0) is 13.5. The lowest BCUT2D eigenvalue weighted by atomic mass is 10.3. The smallest absolute Gasteiger partial charge is 0.223 e. The normalized spacial score (nSPS) is 12.3. The minimum absolute atomic E-state index is 0.578. The van der Waals surface area contributed by atoms with Gasteiger partial charge in [-0.25, -0.2) is 4.99 Å². The standard InChI is InChI=1S/C16H14BrNO/c1-13(12-17)16(18-14-8-4-2-5-9-14)19-15-10-6-3-7-11-15/h2-12H,1H3/b13-12+,18-16-. The van der Waals surface area contributed by atoms with Crippen LogP contribution in [0.3, 0.4) is 0 Å². The number of benzene rings is 2. The van der Waals surface area contributed by atoms with Gasteiger partial charge in [0.15, 0.2) is 0 Å². The highest BCUT2D eigenvalue weighted by atomic mass is 79.9. The van der Waals surface area contributed by atoms with Gasteiger partial charge in [-0.05, 0) is 36.2 Å². The lowest BCUT2D eigenvalue weighted by Crippen LogP contribution is -2.09. The van der Waals surface area contributed by atoms with Crippen molar-refractivity contribution in [2.75, 3.05) is 0 Å². The fourth-order valence-electron chi connectivity index (χ4n) is 1.46. The molecule has 96 valence electrons. The van der Waals surface area contributed by atoms with E-state index < -0.39 is 0 Å². The van der Waals surface area contributed by atoms with Crippen LogP contribution in [0.2, 0.25) is 0 Å². The van der Waals surface area contributed by atoms with Gasteiger partial charge < -0.3 is 4.74 Å². The Hall–Kier alpha value is -1.87. The largest absolute Gasteiger partial charge is 0.439 e. The highest BCUT2D eigenvalue weighted by Crippen LogP contribution is 2.17. The summed E-state index contributed by atoms with van der Waals surface area (Å²) >= 11 is 3.32. The van der Waals surface area contributed by atoms with Crippen molar-refractivity contribution in [1.29, 1.82) is 0 Å². The van der Waals surface area contributed by atoms with Gasteiger partial charge in [0.25, 0.3) is 0 Å². The molecule has 0 fully saturated rings. The van der Waals surface area contributed by atoms with Crippen molar-refractivity contribution in [3.63, 3.8) is 0 Å². The summed E-state index contributed by atoms with van der Waals surface area (Å²) in [4.78, 5) is 6.32. The molecule has 0 heterocycles. The SMILES string of the molecule is CC(=C\Br)/C(=N/c1ccccc1)Oc1ccccc1. The number of aliphatic imine (C=N–C) groups is 1. The molecule has 0 unspecified atom stereocenters. The minimum atomic E-state index is 0.578. The van der Waals surface area contributed by atoms with Gasteiger partial charge in [0.05, 0.1) is 5.69 Å². The van der Waals surface area contributed by atoms with Crippen molar-refractivity contribution in [3.8, 4) is 5.75 Å². The second-order valence-corrected chi connectivity index (χ2v) is 4.42. The summed E-state index contributed by atoms with van der Waals surface area (Å²) in [6.45, 7) is 1.94. The molecule has 0 amide bonds. The average Bonchev–Trinajstić information content (AvgIpc) is 2.48. The topological polar surface area (TPSA) is 21.6 Å². The van der Waals surface area contributed by atoms with Gasteiger partial charge in [0.1, 0.15) is 5.75 Å². The van der Waals surface area contributed by atoms with Crippen molar-refractivity contribution < 1.29 is 4.74 Å². The molecule has 3 heteroatoms. The van der Waals surface area contributed by atoms with Crippen molar-refractivity contribution in [3.05, 3.63) is 71.2 Å². The van der Waals surface area contributed by atoms with Gasteiger partial charge in [-0.15, -0.1) is 0 Å². The predicted octanol–water partition coefficient (Wildman–Crippen LogP) is 5.09. The Morgan fingerprint density at radius 2 is 1.58 bits per heavy atom. The number of hydrogen-bond acceptors (Lipinski definition) is 2. The van der Waals surface area contributed by atoms with E-state index >= 15 is 0 Å². The van der Waals surface area contributed by atoms with E-state index in [9.17, 15) is 0 Å². The lowest BCUT2D eigenvalue weighted by molar-refractivity contribution is 0.551. The van der Waals surface area contributed by atoms with E-state index in [1.165, 1.54) is 0 Å². The Balaban J connectivity index is 2.30. The second-order valence-electron chi connectivity index (χ2n) is 3.96. The average molecular weight is 316 g/mol. The van der Waals surface area contributed by atoms with Gasteiger partial charge in [0.2, 0.25) is 5.90 Å². The van der Waals surface area contributed by atoms with Gasteiger partial charge in [0, 0.05) is 5.57 Å². The number of nitrogens with zero attached hydrogens (tertiary/aromatic N) is 1. The summed E-state index contributed by atoms with van der Waals surface area (Å²) < 4.78 is 5.82. The third-order valence-corrected chi connectivity index (χ3v) is 3.13. The van der Waals surface area contributed by atoms with E-state index in [4.69, 9.17) is 4.74 Å². The van der Waals surface area contributed by atoms with E-state index in [1.54, 1.807) is 4.99 Å².